The third kappa shape index (κ3) is 3.63. The number of nitro groups is 1. The highest BCUT2D eigenvalue weighted by molar-refractivity contribution is 7.07. The topological polar surface area (TPSA) is 77.5 Å². The number of aryl methyl sites for hydroxylation is 1. The summed E-state index contributed by atoms with van der Waals surface area (Å²) in [5.41, 5.74) is 5.53. The number of hydrogen-bond acceptors (Lipinski definition) is 5. The summed E-state index contributed by atoms with van der Waals surface area (Å²) >= 11 is 1.29. The molecule has 6 rings (SSSR count). The molecule has 0 saturated carbocycles. The molecule has 6 nitrogen and oxygen atoms in total. The van der Waals surface area contributed by atoms with Crippen LogP contribution in [0.2, 0.25) is 0 Å². The van der Waals surface area contributed by atoms with Crippen LogP contribution in [0, 0.1) is 15.9 Å². The lowest BCUT2D eigenvalue weighted by Crippen LogP contribution is -2.38. The van der Waals surface area contributed by atoms with Gasteiger partial charge in [0.15, 0.2) is 4.80 Å². The number of nitro benzene ring substituents is 1. The molecule has 1 aromatic heterocycles. The van der Waals surface area contributed by atoms with Crippen molar-refractivity contribution >= 4 is 28.8 Å². The minimum absolute atomic E-state index is 0.00809. The van der Waals surface area contributed by atoms with Crippen molar-refractivity contribution in [2.45, 2.75) is 18.9 Å². The lowest BCUT2D eigenvalue weighted by atomic mass is 9.83. The number of fused-ring (bicyclic) bond motifs is 3. The van der Waals surface area contributed by atoms with Crippen LogP contribution in [-0.2, 0) is 6.42 Å². The minimum Gasteiger partial charge on any atom is -0.272 e. The molecule has 35 heavy (non-hydrogen) atoms. The molecule has 3 aromatic carbocycles. The number of halogens is 1. The molecular formula is C27H18FN3O3S. The van der Waals surface area contributed by atoms with E-state index in [9.17, 15) is 19.3 Å². The summed E-state index contributed by atoms with van der Waals surface area (Å²) in [5.74, 6) is -0.331. The van der Waals surface area contributed by atoms with E-state index in [4.69, 9.17) is 4.99 Å². The van der Waals surface area contributed by atoms with Gasteiger partial charge in [0, 0.05) is 17.7 Å². The summed E-state index contributed by atoms with van der Waals surface area (Å²) in [7, 11) is 0. The van der Waals surface area contributed by atoms with Crippen LogP contribution in [0.25, 0.3) is 11.8 Å². The minimum atomic E-state index is -0.456. The van der Waals surface area contributed by atoms with Gasteiger partial charge < -0.3 is 0 Å². The SMILES string of the molecule is O=c1c(=Cc2ccc([N+](=O)[O-])cc2)sc2n1C(c1ccc(F)cc1)C1=C(N=2)c2ccccc2CC1. The van der Waals surface area contributed by atoms with E-state index in [1.165, 1.54) is 41.2 Å². The fraction of sp³-hybridized carbons (Fsp3) is 0.111. The number of thiazole rings is 1. The van der Waals surface area contributed by atoms with Gasteiger partial charge >= 0.3 is 0 Å². The lowest BCUT2D eigenvalue weighted by Gasteiger charge is -2.30. The van der Waals surface area contributed by atoms with Crippen LogP contribution < -0.4 is 14.9 Å². The van der Waals surface area contributed by atoms with Crippen molar-refractivity contribution in [2.75, 3.05) is 0 Å². The summed E-state index contributed by atoms with van der Waals surface area (Å²) in [6.45, 7) is 0. The Morgan fingerprint density at radius 1 is 1.03 bits per heavy atom. The van der Waals surface area contributed by atoms with E-state index in [-0.39, 0.29) is 23.1 Å². The molecule has 2 heterocycles. The molecule has 0 N–H and O–H groups in total. The van der Waals surface area contributed by atoms with Gasteiger partial charge in [-0.3, -0.25) is 19.5 Å². The Balaban J connectivity index is 1.57. The van der Waals surface area contributed by atoms with E-state index in [1.807, 2.05) is 12.1 Å². The van der Waals surface area contributed by atoms with E-state index in [0.29, 0.717) is 14.9 Å². The van der Waals surface area contributed by atoms with E-state index in [2.05, 4.69) is 12.1 Å². The van der Waals surface area contributed by atoms with Crippen LogP contribution in [0.3, 0.4) is 0 Å². The predicted molar refractivity (Wildman–Crippen MR) is 132 cm³/mol. The summed E-state index contributed by atoms with van der Waals surface area (Å²) in [4.78, 5) is 29.7. The monoisotopic (exact) mass is 483 g/mol. The van der Waals surface area contributed by atoms with E-state index < -0.39 is 4.92 Å². The molecule has 0 radical (unpaired) electrons. The van der Waals surface area contributed by atoms with Crippen molar-refractivity contribution in [1.82, 2.24) is 4.57 Å². The van der Waals surface area contributed by atoms with E-state index >= 15 is 0 Å². The molecular weight excluding hydrogens is 465 g/mol. The van der Waals surface area contributed by atoms with Gasteiger partial charge in [-0.1, -0.05) is 47.7 Å². The Morgan fingerprint density at radius 3 is 2.51 bits per heavy atom. The molecule has 0 fully saturated rings. The van der Waals surface area contributed by atoms with Crippen molar-refractivity contribution in [3.8, 4) is 0 Å². The third-order valence-corrected chi connectivity index (χ3v) is 7.44. The number of nitrogens with zero attached hydrogens (tertiary/aromatic N) is 3. The molecule has 1 aliphatic carbocycles. The lowest BCUT2D eigenvalue weighted by molar-refractivity contribution is -0.384. The van der Waals surface area contributed by atoms with Crippen LogP contribution in [-0.4, -0.2) is 9.49 Å². The molecule has 172 valence electrons. The van der Waals surface area contributed by atoms with Gasteiger partial charge in [-0.05, 0) is 65.4 Å². The smallest absolute Gasteiger partial charge is 0.271 e. The van der Waals surface area contributed by atoms with Gasteiger partial charge in [0.05, 0.1) is 21.2 Å². The maximum atomic E-state index is 13.7. The van der Waals surface area contributed by atoms with Crippen molar-refractivity contribution < 1.29 is 9.31 Å². The average molecular weight is 484 g/mol. The molecule has 0 bridgehead atoms. The fourth-order valence-electron chi connectivity index (χ4n) is 4.81. The maximum absolute atomic E-state index is 13.7. The Bertz CT molecular complexity index is 1700. The van der Waals surface area contributed by atoms with Crippen LogP contribution in [0.4, 0.5) is 10.1 Å². The predicted octanol–water partition coefficient (Wildman–Crippen LogP) is 4.37. The van der Waals surface area contributed by atoms with E-state index in [0.717, 1.165) is 35.2 Å². The van der Waals surface area contributed by atoms with Crippen LogP contribution in [0.15, 0.2) is 88.2 Å². The number of benzene rings is 3. The van der Waals surface area contributed by atoms with Gasteiger partial charge in [0.2, 0.25) is 0 Å². The van der Waals surface area contributed by atoms with Gasteiger partial charge in [0.1, 0.15) is 5.82 Å². The zero-order valence-corrected chi connectivity index (χ0v) is 19.2. The third-order valence-electron chi connectivity index (χ3n) is 6.46. The zero-order chi connectivity index (χ0) is 24.1. The molecule has 2 aliphatic rings. The van der Waals surface area contributed by atoms with Gasteiger partial charge in [0.25, 0.3) is 11.2 Å². The molecule has 1 atom stereocenters. The molecule has 0 amide bonds. The van der Waals surface area contributed by atoms with Crippen molar-refractivity contribution in [2.24, 2.45) is 4.99 Å². The van der Waals surface area contributed by atoms with Gasteiger partial charge in [-0.25, -0.2) is 9.38 Å². The summed E-state index contributed by atoms with van der Waals surface area (Å²) in [6.07, 6.45) is 3.32. The molecule has 1 unspecified atom stereocenters. The Kier molecular flexibility index (Phi) is 5.04. The van der Waals surface area contributed by atoms with E-state index in [1.54, 1.807) is 34.9 Å². The zero-order valence-electron chi connectivity index (χ0n) is 18.3. The second-order valence-electron chi connectivity index (χ2n) is 8.51. The number of aromatic nitrogens is 1. The summed E-state index contributed by atoms with van der Waals surface area (Å²) in [5, 5.41) is 11.0. The quantitative estimate of drug-likeness (QED) is 0.321. The Labute approximate surface area is 202 Å². The Hall–Kier alpha value is -4.17. The first kappa shape index (κ1) is 21.4. The standard InChI is InChI=1S/C27H18FN3O3S/c28-19-10-7-18(8-11-19)25-22-14-9-17-3-1-2-4-21(17)24(22)29-27-30(25)26(32)23(35-27)15-16-5-12-20(13-6-16)31(33)34/h1-8,10-13,15,25H,9,14H2. The van der Waals surface area contributed by atoms with Crippen LogP contribution in [0.1, 0.15) is 34.7 Å². The fourth-order valence-corrected chi connectivity index (χ4v) is 5.81. The molecule has 8 heteroatoms. The van der Waals surface area contributed by atoms with Crippen molar-refractivity contribution in [1.29, 1.82) is 0 Å². The average Bonchev–Trinajstić information content (AvgIpc) is 3.18. The van der Waals surface area contributed by atoms with Gasteiger partial charge in [-0.2, -0.15) is 0 Å². The first-order valence-corrected chi connectivity index (χ1v) is 11.9. The number of non-ortho nitro benzene ring substituents is 1. The number of hydrogen-bond donors (Lipinski definition) is 0. The second-order valence-corrected chi connectivity index (χ2v) is 9.52. The highest BCUT2D eigenvalue weighted by Crippen LogP contribution is 2.41. The molecule has 0 spiro atoms. The number of rotatable bonds is 3. The van der Waals surface area contributed by atoms with Gasteiger partial charge in [-0.15, -0.1) is 0 Å². The van der Waals surface area contributed by atoms with Crippen LogP contribution in [0.5, 0.6) is 0 Å². The summed E-state index contributed by atoms with van der Waals surface area (Å²) in [6, 6.07) is 20.1. The van der Waals surface area contributed by atoms with Crippen LogP contribution >= 0.6 is 11.3 Å². The number of allylic oxidation sites excluding steroid dienone is 1. The summed E-state index contributed by atoms with van der Waals surface area (Å²) < 4.78 is 15.9. The maximum Gasteiger partial charge on any atom is 0.271 e. The largest absolute Gasteiger partial charge is 0.272 e. The normalized spacial score (nSPS) is 16.8. The highest BCUT2D eigenvalue weighted by Gasteiger charge is 2.32. The Morgan fingerprint density at radius 2 is 1.77 bits per heavy atom. The molecule has 0 saturated heterocycles. The molecule has 1 aliphatic heterocycles. The molecule has 4 aromatic rings. The van der Waals surface area contributed by atoms with Crippen molar-refractivity contribution in [3.63, 3.8) is 0 Å². The first-order valence-electron chi connectivity index (χ1n) is 11.1. The highest BCUT2D eigenvalue weighted by atomic mass is 32.1. The first-order chi connectivity index (χ1) is 17.0. The second kappa shape index (κ2) is 8.25. The van der Waals surface area contributed by atoms with Crippen molar-refractivity contribution in [3.05, 3.63) is 136 Å².